The number of amides is 1. The van der Waals surface area contributed by atoms with Crippen LogP contribution in [0, 0.1) is 5.82 Å². The monoisotopic (exact) mass is 532 g/mol. The maximum Gasteiger partial charge on any atom is 0.422 e. The van der Waals surface area contributed by atoms with Crippen molar-refractivity contribution in [2.45, 2.75) is 32.0 Å². The highest BCUT2D eigenvalue weighted by atomic mass is 19.4. The first kappa shape index (κ1) is 27.2. The topological polar surface area (TPSA) is 92.3 Å². The minimum atomic E-state index is -4.57. The first-order valence-corrected chi connectivity index (χ1v) is 12.3. The van der Waals surface area contributed by atoms with Gasteiger partial charge in [0.05, 0.1) is 0 Å². The zero-order valence-corrected chi connectivity index (χ0v) is 20.6. The molecule has 0 unspecified atom stereocenters. The molecule has 2 heterocycles. The van der Waals surface area contributed by atoms with Crippen LogP contribution in [0.4, 0.5) is 23.5 Å². The molecule has 8 nitrogen and oxygen atoms in total. The van der Waals surface area contributed by atoms with E-state index in [0.29, 0.717) is 23.2 Å². The summed E-state index contributed by atoms with van der Waals surface area (Å²) in [7, 11) is 0. The molecule has 1 saturated heterocycles. The quantitative estimate of drug-likeness (QED) is 0.373. The number of nitrogens with zero attached hydrogens (tertiary/aromatic N) is 4. The molecular weight excluding hydrogens is 504 g/mol. The summed E-state index contributed by atoms with van der Waals surface area (Å²) in [5.74, 6) is -0.565. The molecule has 1 aromatic heterocycles. The molecule has 1 fully saturated rings. The SMILES string of the molecule is O=C(NCCN1CCCCC1)c1ccc(-c2nc(NCc3ccc(F)cc3)nc(OCC(F)(F)F)n2)cc1. The molecule has 1 aliphatic heterocycles. The molecule has 202 valence electrons. The molecule has 2 N–H and O–H groups in total. The van der Waals surface area contributed by atoms with Crippen LogP contribution in [0.25, 0.3) is 11.4 Å². The summed E-state index contributed by atoms with van der Waals surface area (Å²) in [5.41, 5.74) is 1.60. The molecule has 38 heavy (non-hydrogen) atoms. The Morgan fingerprint density at radius 2 is 1.66 bits per heavy atom. The third-order valence-corrected chi connectivity index (χ3v) is 5.91. The number of piperidine rings is 1. The number of carbonyl (C=O) groups excluding carboxylic acids is 1. The molecule has 1 amide bonds. The molecule has 0 atom stereocenters. The van der Waals surface area contributed by atoms with E-state index in [0.717, 1.165) is 19.6 Å². The number of hydrogen-bond donors (Lipinski definition) is 2. The molecular formula is C26H28F4N6O2. The normalized spacial score (nSPS) is 14.2. The van der Waals surface area contributed by atoms with E-state index in [2.05, 4.69) is 30.5 Å². The summed E-state index contributed by atoms with van der Waals surface area (Å²) in [6, 6.07) is 11.6. The lowest BCUT2D eigenvalue weighted by atomic mass is 10.1. The molecule has 4 rings (SSSR count). The number of ether oxygens (including phenoxy) is 1. The fraction of sp³-hybridized carbons (Fsp3) is 0.385. The van der Waals surface area contributed by atoms with Crippen molar-refractivity contribution in [1.82, 2.24) is 25.2 Å². The van der Waals surface area contributed by atoms with Crippen LogP contribution in [-0.4, -0.2) is 64.7 Å². The van der Waals surface area contributed by atoms with Crippen molar-refractivity contribution in [3.05, 3.63) is 65.5 Å². The van der Waals surface area contributed by atoms with E-state index >= 15 is 0 Å². The molecule has 12 heteroatoms. The number of benzene rings is 2. The highest BCUT2D eigenvalue weighted by Gasteiger charge is 2.29. The van der Waals surface area contributed by atoms with Crippen molar-refractivity contribution < 1.29 is 27.1 Å². The number of nitrogens with one attached hydrogen (secondary N) is 2. The number of aromatic nitrogens is 3. The number of carbonyl (C=O) groups is 1. The van der Waals surface area contributed by atoms with Crippen LogP contribution >= 0.6 is 0 Å². The van der Waals surface area contributed by atoms with Crippen molar-refractivity contribution in [1.29, 1.82) is 0 Å². The number of rotatable bonds is 10. The Kier molecular flexibility index (Phi) is 9.06. The van der Waals surface area contributed by atoms with Crippen LogP contribution in [0.15, 0.2) is 48.5 Å². The van der Waals surface area contributed by atoms with Gasteiger partial charge in [0.1, 0.15) is 5.82 Å². The van der Waals surface area contributed by atoms with Crippen molar-refractivity contribution >= 4 is 11.9 Å². The summed E-state index contributed by atoms with van der Waals surface area (Å²) < 4.78 is 56.0. The van der Waals surface area contributed by atoms with Crippen LogP contribution in [0.5, 0.6) is 6.01 Å². The van der Waals surface area contributed by atoms with E-state index in [1.54, 1.807) is 36.4 Å². The predicted molar refractivity (Wildman–Crippen MR) is 133 cm³/mol. The molecule has 0 bridgehead atoms. The Balaban J connectivity index is 1.44. The molecule has 0 saturated carbocycles. The minimum Gasteiger partial charge on any atom is -0.454 e. The lowest BCUT2D eigenvalue weighted by Gasteiger charge is -2.26. The standard InChI is InChI=1S/C26H28F4N6O2/c27-21-10-4-18(5-11-21)16-32-24-33-22(34-25(35-24)38-17-26(28,29)30)19-6-8-20(9-7-19)23(37)31-12-15-36-13-2-1-3-14-36/h4-11H,1-3,12-17H2,(H,31,37)(H,32,33,34,35). The van der Waals surface area contributed by atoms with Crippen molar-refractivity contribution in [3.63, 3.8) is 0 Å². The van der Waals surface area contributed by atoms with Gasteiger partial charge in [-0.3, -0.25) is 4.79 Å². The Morgan fingerprint density at radius 3 is 2.34 bits per heavy atom. The predicted octanol–water partition coefficient (Wildman–Crippen LogP) is 4.45. The van der Waals surface area contributed by atoms with E-state index in [-0.39, 0.29) is 24.2 Å². The second kappa shape index (κ2) is 12.6. The summed E-state index contributed by atoms with van der Waals surface area (Å²) in [4.78, 5) is 27.1. The number of halogens is 4. The fourth-order valence-electron chi connectivity index (χ4n) is 3.94. The number of hydrogen-bond acceptors (Lipinski definition) is 7. The van der Waals surface area contributed by atoms with Gasteiger partial charge in [0.25, 0.3) is 5.91 Å². The Bertz CT molecular complexity index is 1200. The van der Waals surface area contributed by atoms with Gasteiger partial charge in [-0.1, -0.05) is 30.7 Å². The van der Waals surface area contributed by atoms with E-state index in [9.17, 15) is 22.4 Å². The van der Waals surface area contributed by atoms with Gasteiger partial charge in [-0.05, 0) is 55.8 Å². The van der Waals surface area contributed by atoms with Gasteiger partial charge in [-0.2, -0.15) is 28.1 Å². The van der Waals surface area contributed by atoms with Crippen LogP contribution in [-0.2, 0) is 6.54 Å². The molecule has 0 spiro atoms. The number of anilines is 1. The van der Waals surface area contributed by atoms with Crippen molar-refractivity contribution in [2.75, 3.05) is 38.1 Å². The second-order valence-corrected chi connectivity index (χ2v) is 8.88. The Labute approximate surface area is 217 Å². The summed E-state index contributed by atoms with van der Waals surface area (Å²) in [6.45, 7) is 2.06. The van der Waals surface area contributed by atoms with Gasteiger partial charge >= 0.3 is 12.2 Å². The largest absolute Gasteiger partial charge is 0.454 e. The van der Waals surface area contributed by atoms with E-state index < -0.39 is 24.6 Å². The average molecular weight is 533 g/mol. The molecule has 1 aliphatic rings. The van der Waals surface area contributed by atoms with Gasteiger partial charge in [0.2, 0.25) is 5.95 Å². The van der Waals surface area contributed by atoms with E-state index in [1.807, 2.05) is 0 Å². The highest BCUT2D eigenvalue weighted by Crippen LogP contribution is 2.22. The second-order valence-electron chi connectivity index (χ2n) is 8.88. The van der Waals surface area contributed by atoms with Crippen LogP contribution < -0.4 is 15.4 Å². The maximum absolute atomic E-state index is 13.2. The average Bonchev–Trinajstić information content (AvgIpc) is 2.92. The summed E-state index contributed by atoms with van der Waals surface area (Å²) in [5, 5.41) is 5.80. The molecule has 0 aliphatic carbocycles. The highest BCUT2D eigenvalue weighted by molar-refractivity contribution is 5.94. The smallest absolute Gasteiger partial charge is 0.422 e. The van der Waals surface area contributed by atoms with Crippen molar-refractivity contribution in [2.24, 2.45) is 0 Å². The molecule has 2 aromatic carbocycles. The van der Waals surface area contributed by atoms with E-state index in [1.165, 1.54) is 31.4 Å². The van der Waals surface area contributed by atoms with Crippen LogP contribution in [0.1, 0.15) is 35.2 Å². The van der Waals surface area contributed by atoms with E-state index in [4.69, 9.17) is 4.74 Å². The molecule has 3 aromatic rings. The lowest BCUT2D eigenvalue weighted by molar-refractivity contribution is -0.154. The van der Waals surface area contributed by atoms with Crippen molar-refractivity contribution in [3.8, 4) is 17.4 Å². The van der Waals surface area contributed by atoms with Gasteiger partial charge in [0.15, 0.2) is 12.4 Å². The molecule has 0 radical (unpaired) electrons. The summed E-state index contributed by atoms with van der Waals surface area (Å²) in [6.07, 6.45) is -0.965. The van der Waals surface area contributed by atoms with Gasteiger partial charge < -0.3 is 20.3 Å². The third-order valence-electron chi connectivity index (χ3n) is 5.91. The Morgan fingerprint density at radius 1 is 0.947 bits per heavy atom. The minimum absolute atomic E-state index is 0.0176. The number of likely N-dealkylation sites (tertiary alicyclic amines) is 1. The lowest BCUT2D eigenvalue weighted by Crippen LogP contribution is -2.37. The third kappa shape index (κ3) is 8.37. The first-order chi connectivity index (χ1) is 18.2. The summed E-state index contributed by atoms with van der Waals surface area (Å²) >= 11 is 0. The maximum atomic E-state index is 13.2. The van der Waals surface area contributed by atoms with Crippen LogP contribution in [0.2, 0.25) is 0 Å². The zero-order chi connectivity index (χ0) is 27.0. The van der Waals surface area contributed by atoms with Gasteiger partial charge in [-0.15, -0.1) is 0 Å². The fourth-order valence-corrected chi connectivity index (χ4v) is 3.94. The van der Waals surface area contributed by atoms with Gasteiger partial charge in [0, 0.05) is 30.8 Å². The zero-order valence-electron chi connectivity index (χ0n) is 20.6. The van der Waals surface area contributed by atoms with Gasteiger partial charge in [-0.25, -0.2) is 4.39 Å². The Hall–Kier alpha value is -3.80. The van der Waals surface area contributed by atoms with Crippen LogP contribution in [0.3, 0.4) is 0 Å². The number of alkyl halides is 3. The first-order valence-electron chi connectivity index (χ1n) is 12.3.